The Morgan fingerprint density at radius 1 is 1.12 bits per heavy atom. The van der Waals surface area contributed by atoms with Crippen LogP contribution < -0.4 is 20.8 Å². The lowest BCUT2D eigenvalue weighted by molar-refractivity contribution is 0.457. The van der Waals surface area contributed by atoms with E-state index in [4.69, 9.17) is 4.99 Å². The monoisotopic (exact) mass is 454 g/mol. The maximum absolute atomic E-state index is 13.6. The quantitative estimate of drug-likeness (QED) is 0.498. The van der Waals surface area contributed by atoms with Crippen molar-refractivity contribution in [3.8, 4) is 17.1 Å². The van der Waals surface area contributed by atoms with Crippen molar-refractivity contribution in [1.29, 1.82) is 0 Å². The number of aromatic hydroxyl groups is 1. The van der Waals surface area contributed by atoms with Gasteiger partial charge in [0.05, 0.1) is 34.6 Å². The molecule has 0 saturated heterocycles. The molecule has 0 saturated carbocycles. The number of nitrogens with one attached hydrogen (secondary N) is 1. The second-order valence-corrected chi connectivity index (χ2v) is 8.48. The minimum absolute atomic E-state index is 0.115. The summed E-state index contributed by atoms with van der Waals surface area (Å²) in [5.74, 6) is -0.157. The molecule has 0 fully saturated rings. The smallest absolute Gasteiger partial charge is 0.199 e. The van der Waals surface area contributed by atoms with E-state index in [9.17, 15) is 9.50 Å². The molecule has 4 heterocycles. The van der Waals surface area contributed by atoms with Gasteiger partial charge in [-0.1, -0.05) is 0 Å². The zero-order valence-corrected chi connectivity index (χ0v) is 18.8. The van der Waals surface area contributed by atoms with Crippen LogP contribution in [0.15, 0.2) is 59.9 Å². The molecule has 0 spiro atoms. The van der Waals surface area contributed by atoms with Crippen molar-refractivity contribution < 1.29 is 9.50 Å². The lowest BCUT2D eigenvalue weighted by Gasteiger charge is -2.26. The third-order valence-electron chi connectivity index (χ3n) is 6.49. The van der Waals surface area contributed by atoms with Crippen LogP contribution in [-0.2, 0) is 20.6 Å². The summed E-state index contributed by atoms with van der Waals surface area (Å²) in [5, 5.41) is 17.9. The van der Waals surface area contributed by atoms with E-state index in [-0.39, 0.29) is 11.7 Å². The fourth-order valence-corrected chi connectivity index (χ4v) is 4.77. The zero-order chi connectivity index (χ0) is 23.4. The highest BCUT2D eigenvalue weighted by Crippen LogP contribution is 2.31. The van der Waals surface area contributed by atoms with Crippen LogP contribution in [0.4, 0.5) is 10.1 Å². The molecule has 2 aliphatic rings. The van der Waals surface area contributed by atoms with Crippen LogP contribution in [-0.4, -0.2) is 31.0 Å². The van der Waals surface area contributed by atoms with Crippen LogP contribution in [0.25, 0.3) is 29.1 Å². The molecular weight excluding hydrogens is 431 g/mol. The summed E-state index contributed by atoms with van der Waals surface area (Å²) >= 11 is 0. The molecular formula is C26H23FN6O. The van der Waals surface area contributed by atoms with Gasteiger partial charge in [-0.2, -0.15) is 5.10 Å². The average Bonchev–Trinajstić information content (AvgIpc) is 3.32. The molecule has 34 heavy (non-hydrogen) atoms. The topological polar surface area (TPSA) is 74.4 Å². The van der Waals surface area contributed by atoms with E-state index in [1.165, 1.54) is 12.1 Å². The number of fused-ring (bicyclic) bond motifs is 2. The minimum atomic E-state index is -0.272. The Labute approximate surface area is 194 Å². The van der Waals surface area contributed by atoms with E-state index in [0.29, 0.717) is 13.1 Å². The maximum Gasteiger partial charge on any atom is 0.199 e. The normalized spacial score (nSPS) is 14.6. The lowest BCUT2D eigenvalue weighted by atomic mass is 10.1. The molecule has 2 N–H and O–H groups in total. The molecule has 170 valence electrons. The summed E-state index contributed by atoms with van der Waals surface area (Å²) in [6.07, 6.45) is 9.88. The van der Waals surface area contributed by atoms with Crippen molar-refractivity contribution in [1.82, 2.24) is 19.3 Å². The van der Waals surface area contributed by atoms with Gasteiger partial charge in [-0.3, -0.25) is 9.67 Å². The highest BCUT2D eigenvalue weighted by Gasteiger charge is 2.25. The van der Waals surface area contributed by atoms with Gasteiger partial charge >= 0.3 is 0 Å². The first-order chi connectivity index (χ1) is 16.5. The molecule has 3 aromatic heterocycles. The summed E-state index contributed by atoms with van der Waals surface area (Å²) in [6, 6.07) is 10.4. The van der Waals surface area contributed by atoms with Crippen LogP contribution in [0.3, 0.4) is 0 Å². The van der Waals surface area contributed by atoms with Gasteiger partial charge in [-0.05, 0) is 54.6 Å². The van der Waals surface area contributed by atoms with E-state index in [2.05, 4.69) is 27.1 Å². The largest absolute Gasteiger partial charge is 0.494 e. The van der Waals surface area contributed by atoms with E-state index >= 15 is 0 Å². The van der Waals surface area contributed by atoms with Crippen molar-refractivity contribution in [3.05, 3.63) is 87.9 Å². The Balaban J connectivity index is 1.58. The van der Waals surface area contributed by atoms with E-state index in [1.807, 2.05) is 47.7 Å². The fraction of sp³-hybridized carbons (Fsp3) is 0.154. The average molecular weight is 455 g/mol. The molecule has 1 aliphatic carbocycles. The SMILES string of the molecule is Cn1ccc(=NCc2ccnn2C)c2c1-c1c(O)[nH]c3c1=C(C=C2)N(c1ccc(F)cc1)CC=3. The number of hydrogen-bond acceptors (Lipinski definition) is 4. The first kappa shape index (κ1) is 20.3. The number of hydrogen-bond donors (Lipinski definition) is 2. The summed E-state index contributed by atoms with van der Waals surface area (Å²) in [4.78, 5) is 10.1. The van der Waals surface area contributed by atoms with Gasteiger partial charge in [0, 0.05) is 54.9 Å². The summed E-state index contributed by atoms with van der Waals surface area (Å²) in [6.45, 7) is 1.09. The standard InChI is InChI=1S/C26H23FN6O/c1-31-13-10-20(28-15-18-9-12-29-32(18)2)19-7-8-22-23-21(30-26(34)24(23)25(19)31)11-14-33(22)17-5-3-16(27)4-6-17/h3-13,30,34H,14-15H2,1-2H3. The predicted molar refractivity (Wildman–Crippen MR) is 129 cm³/mol. The lowest BCUT2D eigenvalue weighted by Crippen LogP contribution is -2.39. The summed E-state index contributed by atoms with van der Waals surface area (Å²) in [7, 11) is 3.87. The molecule has 0 radical (unpaired) electrons. The Bertz CT molecular complexity index is 1650. The predicted octanol–water partition coefficient (Wildman–Crippen LogP) is 2.13. The van der Waals surface area contributed by atoms with Crippen LogP contribution in [0.1, 0.15) is 11.3 Å². The van der Waals surface area contributed by atoms with Crippen molar-refractivity contribution in [2.45, 2.75) is 6.54 Å². The molecule has 0 bridgehead atoms. The third kappa shape index (κ3) is 3.10. The second-order valence-electron chi connectivity index (χ2n) is 8.48. The number of aryl methyl sites for hydroxylation is 2. The van der Waals surface area contributed by atoms with Crippen LogP contribution in [0.2, 0.25) is 0 Å². The van der Waals surface area contributed by atoms with E-state index < -0.39 is 0 Å². The van der Waals surface area contributed by atoms with E-state index in [0.717, 1.165) is 49.8 Å². The molecule has 1 aliphatic heterocycles. The first-order valence-electron chi connectivity index (χ1n) is 11.1. The number of aromatic nitrogens is 4. The molecule has 4 aromatic rings. The van der Waals surface area contributed by atoms with Crippen molar-refractivity contribution >= 4 is 23.5 Å². The number of pyridine rings is 1. The molecule has 0 amide bonds. The number of rotatable bonds is 3. The van der Waals surface area contributed by atoms with E-state index in [1.54, 1.807) is 18.3 Å². The van der Waals surface area contributed by atoms with Crippen molar-refractivity contribution in [2.75, 3.05) is 11.4 Å². The van der Waals surface area contributed by atoms with Crippen LogP contribution >= 0.6 is 0 Å². The highest BCUT2D eigenvalue weighted by atomic mass is 19.1. The number of anilines is 1. The van der Waals surface area contributed by atoms with Gasteiger partial charge in [0.25, 0.3) is 0 Å². The summed E-state index contributed by atoms with van der Waals surface area (Å²) in [5.41, 5.74) is 5.35. The molecule has 1 aromatic carbocycles. The molecule has 7 nitrogen and oxygen atoms in total. The Hall–Kier alpha value is -4.33. The molecule has 8 heteroatoms. The molecule has 6 rings (SSSR count). The molecule has 0 atom stereocenters. The maximum atomic E-state index is 13.6. The third-order valence-corrected chi connectivity index (χ3v) is 6.49. The van der Waals surface area contributed by atoms with Crippen molar-refractivity contribution in [3.63, 3.8) is 0 Å². The second kappa shape index (κ2) is 7.62. The van der Waals surface area contributed by atoms with Gasteiger partial charge < -0.3 is 19.6 Å². The Kier molecular flexibility index (Phi) is 4.55. The van der Waals surface area contributed by atoms with Gasteiger partial charge in [0.15, 0.2) is 5.88 Å². The fourth-order valence-electron chi connectivity index (χ4n) is 4.77. The number of benzene rings is 1. The van der Waals surface area contributed by atoms with Crippen molar-refractivity contribution in [2.24, 2.45) is 19.1 Å². The van der Waals surface area contributed by atoms with Gasteiger partial charge in [-0.15, -0.1) is 0 Å². The van der Waals surface area contributed by atoms with Gasteiger partial charge in [0.2, 0.25) is 0 Å². The number of halogens is 1. The molecule has 0 unspecified atom stereocenters. The Morgan fingerprint density at radius 3 is 2.71 bits per heavy atom. The first-order valence-corrected chi connectivity index (χ1v) is 11.1. The zero-order valence-electron chi connectivity index (χ0n) is 18.8. The highest BCUT2D eigenvalue weighted by molar-refractivity contribution is 5.90. The van der Waals surface area contributed by atoms with Crippen LogP contribution in [0.5, 0.6) is 5.88 Å². The van der Waals surface area contributed by atoms with Crippen LogP contribution in [0, 0.1) is 5.82 Å². The minimum Gasteiger partial charge on any atom is -0.494 e. The van der Waals surface area contributed by atoms with Gasteiger partial charge in [-0.25, -0.2) is 4.39 Å². The number of nitrogens with zero attached hydrogens (tertiary/aromatic N) is 5. The summed E-state index contributed by atoms with van der Waals surface area (Å²) < 4.78 is 17.4. The number of aromatic amines is 1. The number of H-pyrrole nitrogens is 1. The Morgan fingerprint density at radius 2 is 1.94 bits per heavy atom. The van der Waals surface area contributed by atoms with Gasteiger partial charge in [0.1, 0.15) is 5.82 Å².